The Kier molecular flexibility index (Phi) is 4.52. The highest BCUT2D eigenvalue weighted by atomic mass is 16.3. The van der Waals surface area contributed by atoms with Crippen molar-refractivity contribution in [2.75, 3.05) is 23.0 Å². The summed E-state index contributed by atoms with van der Waals surface area (Å²) in [7, 11) is 1.68. The molecule has 1 aromatic heterocycles. The van der Waals surface area contributed by atoms with Crippen LogP contribution in [0.1, 0.15) is 10.5 Å². The second kappa shape index (κ2) is 6.92. The van der Waals surface area contributed by atoms with Gasteiger partial charge in [-0.15, -0.1) is 0 Å². The standard InChI is InChI=1S/C19H18N4O2/c1-23(14-7-3-2-4-8-14)19(25)16-11-13(12-18(20)22-16)21-15-9-5-6-10-17(15)24/h2-12,24H,1H3,(H3,20,21,22). The molecule has 1 amide bonds. The molecule has 6 nitrogen and oxygen atoms in total. The molecule has 1 heterocycles. The zero-order valence-corrected chi connectivity index (χ0v) is 13.7. The van der Waals surface area contributed by atoms with Crippen LogP contribution >= 0.6 is 0 Å². The first kappa shape index (κ1) is 16.3. The van der Waals surface area contributed by atoms with Gasteiger partial charge in [-0.05, 0) is 30.3 Å². The van der Waals surface area contributed by atoms with Crippen LogP contribution in [0.5, 0.6) is 5.75 Å². The third-order valence-electron chi connectivity index (χ3n) is 3.70. The van der Waals surface area contributed by atoms with Crippen LogP contribution in [-0.2, 0) is 0 Å². The summed E-state index contributed by atoms with van der Waals surface area (Å²) in [6.07, 6.45) is 0. The number of phenols is 1. The van der Waals surface area contributed by atoms with E-state index in [0.29, 0.717) is 11.4 Å². The Morgan fingerprint density at radius 3 is 2.48 bits per heavy atom. The number of benzene rings is 2. The number of pyridine rings is 1. The lowest BCUT2D eigenvalue weighted by Gasteiger charge is -2.17. The molecule has 0 spiro atoms. The minimum absolute atomic E-state index is 0.104. The maximum absolute atomic E-state index is 12.7. The molecule has 25 heavy (non-hydrogen) atoms. The minimum atomic E-state index is -0.279. The van der Waals surface area contributed by atoms with Crippen molar-refractivity contribution in [2.45, 2.75) is 0 Å². The van der Waals surface area contributed by atoms with E-state index in [9.17, 15) is 9.90 Å². The number of nitrogens with zero attached hydrogens (tertiary/aromatic N) is 2. The second-order valence-electron chi connectivity index (χ2n) is 5.51. The average Bonchev–Trinajstić information content (AvgIpc) is 2.62. The first-order valence-corrected chi connectivity index (χ1v) is 7.70. The lowest BCUT2D eigenvalue weighted by atomic mass is 10.2. The summed E-state index contributed by atoms with van der Waals surface area (Å²) >= 11 is 0. The molecule has 0 saturated carbocycles. The molecule has 0 radical (unpaired) electrons. The van der Waals surface area contributed by atoms with Crippen LogP contribution in [0, 0.1) is 0 Å². The summed E-state index contributed by atoms with van der Waals surface area (Å²) in [6.45, 7) is 0. The van der Waals surface area contributed by atoms with E-state index in [1.165, 1.54) is 4.90 Å². The first-order valence-electron chi connectivity index (χ1n) is 7.70. The SMILES string of the molecule is CN(C(=O)c1cc(Nc2ccccc2O)cc(N)n1)c1ccccc1. The molecule has 0 saturated heterocycles. The van der Waals surface area contributed by atoms with E-state index in [-0.39, 0.29) is 23.2 Å². The van der Waals surface area contributed by atoms with Crippen LogP contribution in [0.2, 0.25) is 0 Å². The molecule has 0 fully saturated rings. The Bertz CT molecular complexity index is 897. The largest absolute Gasteiger partial charge is 0.506 e. The van der Waals surface area contributed by atoms with E-state index >= 15 is 0 Å². The highest BCUT2D eigenvalue weighted by Gasteiger charge is 2.16. The van der Waals surface area contributed by atoms with Gasteiger partial charge in [-0.25, -0.2) is 4.98 Å². The van der Waals surface area contributed by atoms with E-state index in [1.54, 1.807) is 43.4 Å². The number of phenolic OH excluding ortho intramolecular Hbond substituents is 1. The quantitative estimate of drug-likeness (QED) is 0.636. The summed E-state index contributed by atoms with van der Waals surface area (Å²) < 4.78 is 0. The van der Waals surface area contributed by atoms with Gasteiger partial charge in [0.05, 0.1) is 5.69 Å². The first-order chi connectivity index (χ1) is 12.0. The molecule has 6 heteroatoms. The molecule has 2 aromatic carbocycles. The molecule has 0 aliphatic heterocycles. The maximum atomic E-state index is 12.7. The van der Waals surface area contributed by atoms with Crippen LogP contribution in [-0.4, -0.2) is 23.0 Å². The third kappa shape index (κ3) is 3.69. The fourth-order valence-electron chi connectivity index (χ4n) is 2.41. The Labute approximate surface area is 145 Å². The highest BCUT2D eigenvalue weighted by molar-refractivity contribution is 6.05. The van der Waals surface area contributed by atoms with Crippen molar-refractivity contribution in [3.05, 3.63) is 72.4 Å². The Hall–Kier alpha value is -3.54. The average molecular weight is 334 g/mol. The van der Waals surface area contributed by atoms with Crippen LogP contribution in [0.25, 0.3) is 0 Å². The fraction of sp³-hybridized carbons (Fsp3) is 0.0526. The molecular formula is C19H18N4O2. The lowest BCUT2D eigenvalue weighted by molar-refractivity contribution is 0.0988. The molecule has 0 aliphatic rings. The molecule has 0 atom stereocenters. The zero-order chi connectivity index (χ0) is 17.8. The van der Waals surface area contributed by atoms with Gasteiger partial charge in [0.1, 0.15) is 17.3 Å². The fourth-order valence-corrected chi connectivity index (χ4v) is 2.41. The number of carbonyl (C=O) groups excluding carboxylic acids is 1. The van der Waals surface area contributed by atoms with Gasteiger partial charge in [-0.3, -0.25) is 4.79 Å². The normalized spacial score (nSPS) is 10.3. The predicted molar refractivity (Wildman–Crippen MR) is 99.2 cm³/mol. The van der Waals surface area contributed by atoms with Crippen LogP contribution in [0.3, 0.4) is 0 Å². The molecule has 3 aromatic rings. The molecule has 3 rings (SSSR count). The molecule has 0 bridgehead atoms. The van der Waals surface area contributed by atoms with E-state index in [2.05, 4.69) is 10.3 Å². The van der Waals surface area contributed by atoms with Gasteiger partial charge in [0.15, 0.2) is 0 Å². The summed E-state index contributed by atoms with van der Waals surface area (Å²) in [5.74, 6) is 0.0382. The van der Waals surface area contributed by atoms with Crippen molar-refractivity contribution in [2.24, 2.45) is 0 Å². The number of nitrogen functional groups attached to an aromatic ring is 1. The summed E-state index contributed by atoms with van der Waals surface area (Å²) in [6, 6.07) is 19.3. The number of hydrogen-bond acceptors (Lipinski definition) is 5. The number of hydrogen-bond donors (Lipinski definition) is 3. The summed E-state index contributed by atoms with van der Waals surface area (Å²) in [5.41, 5.74) is 7.90. The van der Waals surface area contributed by atoms with E-state index in [4.69, 9.17) is 5.73 Å². The zero-order valence-electron chi connectivity index (χ0n) is 13.7. The second-order valence-corrected chi connectivity index (χ2v) is 5.51. The number of nitrogens with two attached hydrogens (primary N) is 1. The third-order valence-corrected chi connectivity index (χ3v) is 3.70. The number of rotatable bonds is 4. The van der Waals surface area contributed by atoms with Gasteiger partial charge in [0.2, 0.25) is 0 Å². The maximum Gasteiger partial charge on any atom is 0.276 e. The van der Waals surface area contributed by atoms with Gasteiger partial charge < -0.3 is 21.1 Å². The monoisotopic (exact) mass is 334 g/mol. The number of carbonyl (C=O) groups is 1. The minimum Gasteiger partial charge on any atom is -0.506 e. The Balaban J connectivity index is 1.89. The van der Waals surface area contributed by atoms with Gasteiger partial charge in [-0.2, -0.15) is 0 Å². The van der Waals surface area contributed by atoms with Gasteiger partial charge in [-0.1, -0.05) is 30.3 Å². The topological polar surface area (TPSA) is 91.5 Å². The molecular weight excluding hydrogens is 316 g/mol. The van der Waals surface area contributed by atoms with Crippen molar-refractivity contribution >= 4 is 28.8 Å². The molecule has 0 unspecified atom stereocenters. The molecule has 4 N–H and O–H groups in total. The number of para-hydroxylation sites is 3. The van der Waals surface area contributed by atoms with E-state index in [0.717, 1.165) is 5.69 Å². The number of nitrogens with one attached hydrogen (secondary N) is 1. The van der Waals surface area contributed by atoms with Crippen LogP contribution < -0.4 is 16.0 Å². The van der Waals surface area contributed by atoms with Crippen LogP contribution in [0.15, 0.2) is 66.7 Å². The number of aromatic nitrogens is 1. The summed E-state index contributed by atoms with van der Waals surface area (Å²) in [4.78, 5) is 18.3. The smallest absolute Gasteiger partial charge is 0.276 e. The van der Waals surface area contributed by atoms with Crippen molar-refractivity contribution in [3.8, 4) is 5.75 Å². The van der Waals surface area contributed by atoms with Crippen LogP contribution in [0.4, 0.5) is 22.9 Å². The van der Waals surface area contributed by atoms with Crippen molar-refractivity contribution in [3.63, 3.8) is 0 Å². The predicted octanol–water partition coefficient (Wildman–Crippen LogP) is 3.39. The van der Waals surface area contributed by atoms with Gasteiger partial charge in [0.25, 0.3) is 5.91 Å². The molecule has 126 valence electrons. The van der Waals surface area contributed by atoms with E-state index < -0.39 is 0 Å². The lowest BCUT2D eigenvalue weighted by Crippen LogP contribution is -2.27. The van der Waals surface area contributed by atoms with Crippen molar-refractivity contribution in [1.29, 1.82) is 0 Å². The highest BCUT2D eigenvalue weighted by Crippen LogP contribution is 2.27. The number of anilines is 4. The van der Waals surface area contributed by atoms with Gasteiger partial charge >= 0.3 is 0 Å². The van der Waals surface area contributed by atoms with E-state index in [1.807, 2.05) is 30.3 Å². The summed E-state index contributed by atoms with van der Waals surface area (Å²) in [5, 5.41) is 12.9. The number of amides is 1. The Morgan fingerprint density at radius 2 is 1.76 bits per heavy atom. The van der Waals surface area contributed by atoms with Gasteiger partial charge in [0, 0.05) is 24.5 Å². The molecule has 0 aliphatic carbocycles. The van der Waals surface area contributed by atoms with Crippen molar-refractivity contribution in [1.82, 2.24) is 4.98 Å². The Morgan fingerprint density at radius 1 is 1.08 bits per heavy atom. The van der Waals surface area contributed by atoms with Crippen molar-refractivity contribution < 1.29 is 9.90 Å². The number of aromatic hydroxyl groups is 1.